The summed E-state index contributed by atoms with van der Waals surface area (Å²) in [5.74, 6) is 0.0383. The number of carbonyl (C=O) groups excluding carboxylic acids is 2. The number of nitrogens with zero attached hydrogens (tertiary/aromatic N) is 1. The third-order valence-electron chi connectivity index (χ3n) is 5.39. The van der Waals surface area contributed by atoms with Crippen molar-refractivity contribution in [2.45, 2.75) is 71.6 Å². The molecule has 5 nitrogen and oxygen atoms in total. The van der Waals surface area contributed by atoms with Crippen LogP contribution in [0.2, 0.25) is 0 Å². The first kappa shape index (κ1) is 20.4. The van der Waals surface area contributed by atoms with Crippen LogP contribution < -0.4 is 10.6 Å². The lowest BCUT2D eigenvalue weighted by atomic mass is 9.97. The van der Waals surface area contributed by atoms with Gasteiger partial charge < -0.3 is 10.6 Å². The molecule has 0 saturated heterocycles. The molecule has 0 spiro atoms. The van der Waals surface area contributed by atoms with E-state index in [0.717, 1.165) is 37.8 Å². The van der Waals surface area contributed by atoms with Crippen molar-refractivity contribution < 1.29 is 9.59 Å². The van der Waals surface area contributed by atoms with E-state index in [1.54, 1.807) is 0 Å². The molecule has 1 aromatic rings. The average molecular weight is 360 g/mol. The quantitative estimate of drug-likeness (QED) is 0.750. The number of benzene rings is 1. The standard InChI is InChI=1S/C21H33N3O2/c1-15(2)24(4)14-19-12-8-7-11-18(19)13-22-21(26)20(23-16(3)25)17-9-5-6-10-17/h7-8,11-12,15,17,20H,5-6,9-10,13-14H2,1-4H3,(H,22,26)(H,23,25). The summed E-state index contributed by atoms with van der Waals surface area (Å²) in [5, 5.41) is 5.91. The summed E-state index contributed by atoms with van der Waals surface area (Å²) in [6, 6.07) is 8.26. The van der Waals surface area contributed by atoms with Crippen LogP contribution in [0.15, 0.2) is 24.3 Å². The lowest BCUT2D eigenvalue weighted by Gasteiger charge is -2.25. The minimum atomic E-state index is -0.416. The van der Waals surface area contributed by atoms with Crippen LogP contribution in [-0.4, -0.2) is 35.8 Å². The third kappa shape index (κ3) is 5.84. The predicted octanol–water partition coefficient (Wildman–Crippen LogP) is 2.84. The normalized spacial score (nSPS) is 16.1. The fraction of sp³-hybridized carbons (Fsp3) is 0.619. The Bertz CT molecular complexity index is 609. The van der Waals surface area contributed by atoms with Gasteiger partial charge in [0.05, 0.1) is 0 Å². The van der Waals surface area contributed by atoms with E-state index in [9.17, 15) is 9.59 Å². The zero-order chi connectivity index (χ0) is 19.1. The fourth-order valence-corrected chi connectivity index (χ4v) is 3.53. The Morgan fingerprint density at radius 3 is 2.35 bits per heavy atom. The number of nitrogens with one attached hydrogen (secondary N) is 2. The van der Waals surface area contributed by atoms with Gasteiger partial charge in [0, 0.05) is 26.1 Å². The molecule has 2 rings (SSSR count). The van der Waals surface area contributed by atoms with Gasteiger partial charge in [-0.2, -0.15) is 0 Å². The van der Waals surface area contributed by atoms with Crippen LogP contribution in [0.3, 0.4) is 0 Å². The molecule has 1 fully saturated rings. The summed E-state index contributed by atoms with van der Waals surface area (Å²) >= 11 is 0. The summed E-state index contributed by atoms with van der Waals surface area (Å²) in [6.07, 6.45) is 4.29. The summed E-state index contributed by atoms with van der Waals surface area (Å²) in [7, 11) is 2.10. The summed E-state index contributed by atoms with van der Waals surface area (Å²) in [4.78, 5) is 26.6. The molecule has 0 bridgehead atoms. The summed E-state index contributed by atoms with van der Waals surface area (Å²) in [5.41, 5.74) is 2.35. The molecule has 0 aliphatic heterocycles. The maximum atomic E-state index is 12.7. The van der Waals surface area contributed by atoms with Gasteiger partial charge in [-0.15, -0.1) is 0 Å². The van der Waals surface area contributed by atoms with Crippen molar-refractivity contribution in [3.05, 3.63) is 35.4 Å². The second kappa shape index (κ2) is 9.72. The maximum absolute atomic E-state index is 12.7. The summed E-state index contributed by atoms with van der Waals surface area (Å²) < 4.78 is 0. The molecule has 2 N–H and O–H groups in total. The molecular formula is C21H33N3O2. The molecular weight excluding hydrogens is 326 g/mol. The minimum absolute atomic E-state index is 0.0703. The predicted molar refractivity (Wildman–Crippen MR) is 104 cm³/mol. The number of amides is 2. The SMILES string of the molecule is CC(=O)NC(C(=O)NCc1ccccc1CN(C)C(C)C)C1CCCC1. The van der Waals surface area contributed by atoms with Gasteiger partial charge >= 0.3 is 0 Å². The van der Waals surface area contributed by atoms with Gasteiger partial charge in [-0.3, -0.25) is 14.5 Å². The van der Waals surface area contributed by atoms with Crippen molar-refractivity contribution in [2.24, 2.45) is 5.92 Å². The van der Waals surface area contributed by atoms with Crippen LogP contribution in [0.1, 0.15) is 57.6 Å². The molecule has 1 aliphatic carbocycles. The molecule has 26 heavy (non-hydrogen) atoms. The van der Waals surface area contributed by atoms with E-state index in [2.05, 4.69) is 48.6 Å². The average Bonchev–Trinajstić information content (AvgIpc) is 3.12. The number of rotatable bonds is 8. The smallest absolute Gasteiger partial charge is 0.243 e. The Morgan fingerprint density at radius 1 is 1.15 bits per heavy atom. The lowest BCUT2D eigenvalue weighted by molar-refractivity contribution is -0.129. The first-order valence-electron chi connectivity index (χ1n) is 9.70. The molecule has 1 unspecified atom stereocenters. The monoisotopic (exact) mass is 359 g/mol. The van der Waals surface area contributed by atoms with Crippen LogP contribution in [0.25, 0.3) is 0 Å². The molecule has 0 radical (unpaired) electrons. The Balaban J connectivity index is 2.02. The molecule has 1 aliphatic rings. The fourth-order valence-electron chi connectivity index (χ4n) is 3.53. The van der Waals surface area contributed by atoms with Crippen LogP contribution in [0.5, 0.6) is 0 Å². The van der Waals surface area contributed by atoms with Gasteiger partial charge in [-0.25, -0.2) is 0 Å². The minimum Gasteiger partial charge on any atom is -0.350 e. The van der Waals surface area contributed by atoms with Crippen LogP contribution in [0.4, 0.5) is 0 Å². The van der Waals surface area contributed by atoms with Crippen LogP contribution in [-0.2, 0) is 22.7 Å². The zero-order valence-electron chi connectivity index (χ0n) is 16.5. The number of hydrogen-bond donors (Lipinski definition) is 2. The number of hydrogen-bond acceptors (Lipinski definition) is 3. The summed E-state index contributed by atoms with van der Waals surface area (Å²) in [6.45, 7) is 7.16. The van der Waals surface area contributed by atoms with Crippen LogP contribution in [0, 0.1) is 5.92 Å². The van der Waals surface area contributed by atoms with E-state index in [1.165, 1.54) is 12.5 Å². The van der Waals surface area contributed by atoms with Crippen molar-refractivity contribution in [3.63, 3.8) is 0 Å². The number of carbonyl (C=O) groups is 2. The molecule has 2 amide bonds. The highest BCUT2D eigenvalue weighted by Gasteiger charge is 2.31. The highest BCUT2D eigenvalue weighted by Crippen LogP contribution is 2.28. The highest BCUT2D eigenvalue weighted by molar-refractivity contribution is 5.87. The molecule has 144 valence electrons. The van der Waals surface area contributed by atoms with Crippen molar-refractivity contribution in [1.29, 1.82) is 0 Å². The molecule has 0 heterocycles. The Hall–Kier alpha value is -1.88. The highest BCUT2D eigenvalue weighted by atomic mass is 16.2. The Kier molecular flexibility index (Phi) is 7.64. The van der Waals surface area contributed by atoms with Gasteiger partial charge in [-0.1, -0.05) is 37.1 Å². The molecule has 5 heteroatoms. The topological polar surface area (TPSA) is 61.4 Å². The van der Waals surface area contributed by atoms with E-state index in [4.69, 9.17) is 0 Å². The van der Waals surface area contributed by atoms with Crippen molar-refractivity contribution in [1.82, 2.24) is 15.5 Å². The molecule has 1 atom stereocenters. The molecule has 1 saturated carbocycles. The molecule has 1 aromatic carbocycles. The second-order valence-electron chi connectivity index (χ2n) is 7.72. The van der Waals surface area contributed by atoms with Crippen LogP contribution >= 0.6 is 0 Å². The Labute approximate surface area is 157 Å². The van der Waals surface area contributed by atoms with Crippen molar-refractivity contribution in [2.75, 3.05) is 7.05 Å². The zero-order valence-corrected chi connectivity index (χ0v) is 16.5. The van der Waals surface area contributed by atoms with E-state index in [0.29, 0.717) is 12.6 Å². The van der Waals surface area contributed by atoms with E-state index >= 15 is 0 Å². The van der Waals surface area contributed by atoms with E-state index < -0.39 is 6.04 Å². The van der Waals surface area contributed by atoms with Gasteiger partial charge in [0.25, 0.3) is 0 Å². The lowest BCUT2D eigenvalue weighted by Crippen LogP contribution is -2.49. The second-order valence-corrected chi connectivity index (χ2v) is 7.72. The third-order valence-corrected chi connectivity index (χ3v) is 5.39. The largest absolute Gasteiger partial charge is 0.350 e. The first-order chi connectivity index (χ1) is 12.4. The Morgan fingerprint density at radius 2 is 1.77 bits per heavy atom. The van der Waals surface area contributed by atoms with E-state index in [-0.39, 0.29) is 17.7 Å². The van der Waals surface area contributed by atoms with Gasteiger partial charge in [0.1, 0.15) is 6.04 Å². The van der Waals surface area contributed by atoms with E-state index in [1.807, 2.05) is 12.1 Å². The molecule has 0 aromatic heterocycles. The van der Waals surface area contributed by atoms with Crippen molar-refractivity contribution in [3.8, 4) is 0 Å². The van der Waals surface area contributed by atoms with Gasteiger partial charge in [0.15, 0.2) is 0 Å². The van der Waals surface area contributed by atoms with Gasteiger partial charge in [0.2, 0.25) is 11.8 Å². The maximum Gasteiger partial charge on any atom is 0.243 e. The van der Waals surface area contributed by atoms with Gasteiger partial charge in [-0.05, 0) is 50.8 Å². The first-order valence-corrected chi connectivity index (χ1v) is 9.70. The van der Waals surface area contributed by atoms with Crippen molar-refractivity contribution >= 4 is 11.8 Å².